The fraction of sp³-hybridized carbons (Fsp3) is 0.789. The minimum atomic E-state index is -0.546. The highest BCUT2D eigenvalue weighted by molar-refractivity contribution is 5.83. The van der Waals surface area contributed by atoms with Crippen LogP contribution in [0.25, 0.3) is 0 Å². The standard InChI is InChI=1S/C19H30N2O3/c1-5-10-20-11-7-16(8-12-20)17(22)21-13-9-19(14-21,15(3)4)18(23)24-6-2/h1,15-16H,6-14H2,2-4H3/t19-/m1/s1. The second-order valence-corrected chi connectivity index (χ2v) is 7.30. The number of piperidine rings is 1. The SMILES string of the molecule is C#CCN1CCC(C(=O)N2CC[C@](C(=O)OCC)(C(C)C)C2)CC1. The summed E-state index contributed by atoms with van der Waals surface area (Å²) in [6, 6.07) is 0. The molecule has 0 N–H and O–H groups in total. The maximum atomic E-state index is 12.9. The molecular formula is C19H30N2O3. The minimum Gasteiger partial charge on any atom is -0.466 e. The average Bonchev–Trinajstić information content (AvgIpc) is 3.02. The van der Waals surface area contributed by atoms with Crippen LogP contribution in [0.1, 0.15) is 40.0 Å². The summed E-state index contributed by atoms with van der Waals surface area (Å²) in [5.41, 5.74) is -0.546. The number of terminal acetylenes is 1. The lowest BCUT2D eigenvalue weighted by Crippen LogP contribution is -2.45. The number of nitrogens with zero attached hydrogens (tertiary/aromatic N) is 2. The molecule has 0 aromatic rings. The van der Waals surface area contributed by atoms with Gasteiger partial charge in [0, 0.05) is 19.0 Å². The summed E-state index contributed by atoms with van der Waals surface area (Å²) in [4.78, 5) is 29.5. The zero-order valence-electron chi connectivity index (χ0n) is 15.2. The molecule has 0 unspecified atom stereocenters. The van der Waals surface area contributed by atoms with Gasteiger partial charge in [-0.2, -0.15) is 0 Å². The summed E-state index contributed by atoms with van der Waals surface area (Å²) in [5, 5.41) is 0. The molecule has 0 spiro atoms. The maximum Gasteiger partial charge on any atom is 0.314 e. The van der Waals surface area contributed by atoms with Crippen molar-refractivity contribution in [3.63, 3.8) is 0 Å². The van der Waals surface area contributed by atoms with Crippen LogP contribution in [0.3, 0.4) is 0 Å². The predicted octanol–water partition coefficient (Wildman–Crippen LogP) is 1.77. The van der Waals surface area contributed by atoms with Gasteiger partial charge in [0.25, 0.3) is 0 Å². The fourth-order valence-electron chi connectivity index (χ4n) is 3.89. The molecule has 24 heavy (non-hydrogen) atoms. The van der Waals surface area contributed by atoms with Crippen molar-refractivity contribution in [1.29, 1.82) is 0 Å². The van der Waals surface area contributed by atoms with E-state index in [1.807, 2.05) is 25.7 Å². The van der Waals surface area contributed by atoms with Crippen LogP contribution in [0.2, 0.25) is 0 Å². The van der Waals surface area contributed by atoms with Crippen LogP contribution in [0.15, 0.2) is 0 Å². The number of carbonyl (C=O) groups is 2. The molecule has 0 aliphatic carbocycles. The number of hydrogen-bond donors (Lipinski definition) is 0. The van der Waals surface area contributed by atoms with E-state index in [1.165, 1.54) is 0 Å². The van der Waals surface area contributed by atoms with Crippen molar-refractivity contribution in [1.82, 2.24) is 9.80 Å². The Morgan fingerprint density at radius 1 is 1.29 bits per heavy atom. The Bertz CT molecular complexity index is 503. The summed E-state index contributed by atoms with van der Waals surface area (Å²) < 4.78 is 5.30. The number of amides is 1. The summed E-state index contributed by atoms with van der Waals surface area (Å²) in [6.45, 7) is 9.86. The van der Waals surface area contributed by atoms with Crippen molar-refractivity contribution in [2.24, 2.45) is 17.3 Å². The Morgan fingerprint density at radius 2 is 1.96 bits per heavy atom. The van der Waals surface area contributed by atoms with E-state index in [1.54, 1.807) is 0 Å². The molecule has 0 radical (unpaired) electrons. The summed E-state index contributed by atoms with van der Waals surface area (Å²) >= 11 is 0. The Balaban J connectivity index is 1.98. The van der Waals surface area contributed by atoms with E-state index in [2.05, 4.69) is 10.8 Å². The van der Waals surface area contributed by atoms with E-state index < -0.39 is 5.41 Å². The molecule has 0 aromatic carbocycles. The van der Waals surface area contributed by atoms with E-state index in [0.29, 0.717) is 32.7 Å². The molecule has 0 bridgehead atoms. The first-order valence-corrected chi connectivity index (χ1v) is 9.06. The van der Waals surface area contributed by atoms with Crippen LogP contribution < -0.4 is 0 Å². The molecule has 0 saturated carbocycles. The molecule has 2 rings (SSSR count). The second kappa shape index (κ2) is 8.02. The first-order chi connectivity index (χ1) is 11.4. The third kappa shape index (κ3) is 3.75. The molecule has 1 amide bonds. The lowest BCUT2D eigenvalue weighted by atomic mass is 9.76. The largest absolute Gasteiger partial charge is 0.466 e. The molecule has 2 fully saturated rings. The Morgan fingerprint density at radius 3 is 2.50 bits per heavy atom. The highest BCUT2D eigenvalue weighted by atomic mass is 16.5. The van der Waals surface area contributed by atoms with Crippen LogP contribution in [0.5, 0.6) is 0 Å². The van der Waals surface area contributed by atoms with E-state index in [-0.39, 0.29) is 23.7 Å². The van der Waals surface area contributed by atoms with Crippen molar-refractivity contribution in [3.05, 3.63) is 0 Å². The van der Waals surface area contributed by atoms with Crippen LogP contribution in [-0.4, -0.2) is 61.0 Å². The summed E-state index contributed by atoms with van der Waals surface area (Å²) in [7, 11) is 0. The number of esters is 1. The van der Waals surface area contributed by atoms with Gasteiger partial charge in [0.1, 0.15) is 0 Å². The summed E-state index contributed by atoms with van der Waals surface area (Å²) in [6.07, 6.45) is 7.76. The first kappa shape index (κ1) is 18.8. The van der Waals surface area contributed by atoms with Gasteiger partial charge in [-0.15, -0.1) is 6.42 Å². The molecule has 0 aromatic heterocycles. The lowest BCUT2D eigenvalue weighted by molar-refractivity contribution is -0.158. The number of likely N-dealkylation sites (tertiary alicyclic amines) is 2. The zero-order chi connectivity index (χ0) is 17.7. The van der Waals surface area contributed by atoms with E-state index in [4.69, 9.17) is 11.2 Å². The highest BCUT2D eigenvalue weighted by Crippen LogP contribution is 2.40. The van der Waals surface area contributed by atoms with Crippen LogP contribution in [-0.2, 0) is 14.3 Å². The van der Waals surface area contributed by atoms with Gasteiger partial charge < -0.3 is 9.64 Å². The maximum absolute atomic E-state index is 12.9. The number of ether oxygens (including phenoxy) is 1. The third-order valence-corrected chi connectivity index (χ3v) is 5.65. The third-order valence-electron chi connectivity index (χ3n) is 5.65. The van der Waals surface area contributed by atoms with Gasteiger partial charge in [-0.3, -0.25) is 14.5 Å². The Hall–Kier alpha value is -1.54. The van der Waals surface area contributed by atoms with Crippen LogP contribution in [0, 0.1) is 29.6 Å². The fourth-order valence-corrected chi connectivity index (χ4v) is 3.89. The molecule has 2 heterocycles. The van der Waals surface area contributed by atoms with E-state index in [9.17, 15) is 9.59 Å². The number of carbonyl (C=O) groups excluding carboxylic acids is 2. The summed E-state index contributed by atoms with van der Waals surface area (Å²) in [5.74, 6) is 2.92. The second-order valence-electron chi connectivity index (χ2n) is 7.30. The molecule has 5 heteroatoms. The van der Waals surface area contributed by atoms with Crippen molar-refractivity contribution in [2.45, 2.75) is 40.0 Å². The first-order valence-electron chi connectivity index (χ1n) is 9.06. The quantitative estimate of drug-likeness (QED) is 0.568. The number of hydrogen-bond acceptors (Lipinski definition) is 4. The average molecular weight is 334 g/mol. The lowest BCUT2D eigenvalue weighted by Gasteiger charge is -2.34. The molecule has 134 valence electrons. The van der Waals surface area contributed by atoms with Gasteiger partial charge in [-0.1, -0.05) is 19.8 Å². The zero-order valence-corrected chi connectivity index (χ0v) is 15.2. The molecule has 2 aliphatic rings. The van der Waals surface area contributed by atoms with Gasteiger partial charge in [-0.25, -0.2) is 0 Å². The van der Waals surface area contributed by atoms with E-state index >= 15 is 0 Å². The van der Waals surface area contributed by atoms with E-state index in [0.717, 1.165) is 25.9 Å². The van der Waals surface area contributed by atoms with Crippen molar-refractivity contribution >= 4 is 11.9 Å². The molecule has 2 aliphatic heterocycles. The smallest absolute Gasteiger partial charge is 0.314 e. The van der Waals surface area contributed by atoms with Crippen LogP contribution in [0.4, 0.5) is 0 Å². The Labute approximate surface area is 145 Å². The minimum absolute atomic E-state index is 0.0594. The normalized spacial score (nSPS) is 25.7. The Kier molecular flexibility index (Phi) is 6.28. The van der Waals surface area contributed by atoms with Gasteiger partial charge in [-0.05, 0) is 45.2 Å². The molecule has 1 atom stereocenters. The number of rotatable bonds is 5. The van der Waals surface area contributed by atoms with Crippen LogP contribution >= 0.6 is 0 Å². The van der Waals surface area contributed by atoms with Gasteiger partial charge in [0.05, 0.1) is 18.6 Å². The molecule has 2 saturated heterocycles. The monoisotopic (exact) mass is 334 g/mol. The van der Waals surface area contributed by atoms with Gasteiger partial charge >= 0.3 is 5.97 Å². The van der Waals surface area contributed by atoms with Gasteiger partial charge in [0.2, 0.25) is 5.91 Å². The molecular weight excluding hydrogens is 304 g/mol. The molecule has 5 nitrogen and oxygen atoms in total. The van der Waals surface area contributed by atoms with Gasteiger partial charge in [0.15, 0.2) is 0 Å². The van der Waals surface area contributed by atoms with Crippen molar-refractivity contribution in [3.8, 4) is 12.3 Å². The topological polar surface area (TPSA) is 49.9 Å². The highest BCUT2D eigenvalue weighted by Gasteiger charge is 2.50. The van der Waals surface area contributed by atoms with Crippen molar-refractivity contribution in [2.75, 3.05) is 39.3 Å². The van der Waals surface area contributed by atoms with Crippen molar-refractivity contribution < 1.29 is 14.3 Å². The predicted molar refractivity (Wildman–Crippen MR) is 93.1 cm³/mol.